The summed E-state index contributed by atoms with van der Waals surface area (Å²) in [6.45, 7) is 6.69. The zero-order valence-electron chi connectivity index (χ0n) is 14.3. The zero-order valence-corrected chi connectivity index (χ0v) is 15.8. The molecule has 0 spiro atoms. The van der Waals surface area contributed by atoms with Gasteiger partial charge in [-0.05, 0) is 24.6 Å². The van der Waals surface area contributed by atoms with Crippen molar-refractivity contribution in [3.63, 3.8) is 0 Å². The number of piperazine rings is 1. The molecule has 3 rings (SSSR count). The first-order valence-electron chi connectivity index (χ1n) is 8.45. The highest BCUT2D eigenvalue weighted by Gasteiger charge is 2.21. The fourth-order valence-electron chi connectivity index (χ4n) is 3.01. The zero-order chi connectivity index (χ0) is 17.8. The minimum Gasteiger partial charge on any atom is -0.340 e. The second-order valence-corrected chi connectivity index (χ2v) is 7.18. The number of hydrogen-bond donors (Lipinski definition) is 0. The van der Waals surface area contributed by atoms with Crippen LogP contribution in [0.2, 0.25) is 10.0 Å². The van der Waals surface area contributed by atoms with Gasteiger partial charge in [0, 0.05) is 44.2 Å². The van der Waals surface area contributed by atoms with Crippen LogP contribution in [0.3, 0.4) is 0 Å². The highest BCUT2D eigenvalue weighted by molar-refractivity contribution is 6.31. The maximum atomic E-state index is 12.4. The summed E-state index contributed by atoms with van der Waals surface area (Å²) < 4.78 is 1.79. The number of carbonyl (C=O) groups is 1. The monoisotopic (exact) mass is 380 g/mol. The van der Waals surface area contributed by atoms with Crippen molar-refractivity contribution in [2.24, 2.45) is 0 Å². The Hall–Kier alpha value is -1.56. The summed E-state index contributed by atoms with van der Waals surface area (Å²) in [6, 6.07) is 7.94. The van der Waals surface area contributed by atoms with E-state index in [1.54, 1.807) is 10.9 Å². The summed E-state index contributed by atoms with van der Waals surface area (Å²) in [4.78, 5) is 16.7. The Kier molecular flexibility index (Phi) is 5.99. The van der Waals surface area contributed by atoms with Gasteiger partial charge < -0.3 is 4.90 Å². The highest BCUT2D eigenvalue weighted by Crippen LogP contribution is 2.15. The normalized spacial score (nSPS) is 15.6. The van der Waals surface area contributed by atoms with E-state index in [9.17, 15) is 4.79 Å². The first-order valence-corrected chi connectivity index (χ1v) is 9.21. The van der Waals surface area contributed by atoms with Gasteiger partial charge in [0.1, 0.15) is 0 Å². The summed E-state index contributed by atoms with van der Waals surface area (Å²) in [5.41, 5.74) is 2.15. The molecular formula is C18H22Cl2N4O. The van der Waals surface area contributed by atoms with Gasteiger partial charge in [0.15, 0.2) is 0 Å². The lowest BCUT2D eigenvalue weighted by molar-refractivity contribution is -0.133. The highest BCUT2D eigenvalue weighted by atomic mass is 35.5. The van der Waals surface area contributed by atoms with Gasteiger partial charge in [0.2, 0.25) is 5.91 Å². The molecule has 0 bridgehead atoms. The van der Waals surface area contributed by atoms with Crippen molar-refractivity contribution in [1.82, 2.24) is 19.6 Å². The summed E-state index contributed by atoms with van der Waals surface area (Å²) in [5.74, 6) is 0.178. The Labute approximate surface area is 158 Å². The predicted molar refractivity (Wildman–Crippen MR) is 99.9 cm³/mol. The van der Waals surface area contributed by atoms with E-state index in [-0.39, 0.29) is 5.91 Å². The standard InChI is InChI=1S/C18H22Cl2N4O/c1-14-17(20)12-21-24(14)7-6-18(25)23-10-8-22(9-11-23)13-15-2-4-16(19)5-3-15/h2-5,12H,6-11,13H2,1H3. The fraction of sp³-hybridized carbons (Fsp3) is 0.444. The van der Waals surface area contributed by atoms with Gasteiger partial charge in [-0.1, -0.05) is 35.3 Å². The molecule has 7 heteroatoms. The van der Waals surface area contributed by atoms with Crippen LogP contribution in [0.1, 0.15) is 17.7 Å². The number of amides is 1. The first-order chi connectivity index (χ1) is 12.0. The van der Waals surface area contributed by atoms with Crippen LogP contribution < -0.4 is 0 Å². The first kappa shape index (κ1) is 18.2. The molecule has 1 amide bonds. The molecule has 0 unspecified atom stereocenters. The maximum absolute atomic E-state index is 12.4. The minimum absolute atomic E-state index is 0.178. The number of aromatic nitrogens is 2. The molecule has 134 valence electrons. The Morgan fingerprint density at radius 2 is 1.80 bits per heavy atom. The van der Waals surface area contributed by atoms with Crippen molar-refractivity contribution in [1.29, 1.82) is 0 Å². The predicted octanol–water partition coefficient (Wildman–Crippen LogP) is 3.23. The molecule has 25 heavy (non-hydrogen) atoms. The molecule has 1 fully saturated rings. The molecule has 0 aliphatic carbocycles. The summed E-state index contributed by atoms with van der Waals surface area (Å²) >= 11 is 11.9. The summed E-state index contributed by atoms with van der Waals surface area (Å²) in [6.07, 6.45) is 2.08. The molecule has 5 nitrogen and oxygen atoms in total. The van der Waals surface area contributed by atoms with Gasteiger partial charge in [-0.15, -0.1) is 0 Å². The minimum atomic E-state index is 0.178. The average molecular weight is 381 g/mol. The van der Waals surface area contributed by atoms with Crippen molar-refractivity contribution < 1.29 is 4.79 Å². The number of carbonyl (C=O) groups excluding carboxylic acids is 1. The van der Waals surface area contributed by atoms with Crippen molar-refractivity contribution in [3.05, 3.63) is 51.8 Å². The number of rotatable bonds is 5. The van der Waals surface area contributed by atoms with Gasteiger partial charge in [-0.2, -0.15) is 5.10 Å². The van der Waals surface area contributed by atoms with Crippen LogP contribution in [0.25, 0.3) is 0 Å². The Balaban J connectivity index is 1.44. The number of benzene rings is 1. The van der Waals surface area contributed by atoms with Gasteiger partial charge in [0.05, 0.1) is 23.5 Å². The van der Waals surface area contributed by atoms with E-state index in [1.807, 2.05) is 24.0 Å². The van der Waals surface area contributed by atoms with E-state index >= 15 is 0 Å². The smallest absolute Gasteiger partial charge is 0.224 e. The van der Waals surface area contributed by atoms with Gasteiger partial charge in [0.25, 0.3) is 0 Å². The van der Waals surface area contributed by atoms with Crippen molar-refractivity contribution in [2.45, 2.75) is 26.4 Å². The molecule has 2 heterocycles. The Bertz CT molecular complexity index is 721. The Morgan fingerprint density at radius 3 is 2.40 bits per heavy atom. The molecule has 1 aromatic heterocycles. The number of nitrogens with zero attached hydrogens (tertiary/aromatic N) is 4. The van der Waals surface area contributed by atoms with Gasteiger partial charge >= 0.3 is 0 Å². The third-order valence-electron chi connectivity index (χ3n) is 4.63. The van der Waals surface area contributed by atoms with E-state index in [2.05, 4.69) is 22.1 Å². The summed E-state index contributed by atoms with van der Waals surface area (Å²) in [5, 5.41) is 5.59. The summed E-state index contributed by atoms with van der Waals surface area (Å²) in [7, 11) is 0. The maximum Gasteiger partial charge on any atom is 0.224 e. The molecule has 1 aromatic carbocycles. The quantitative estimate of drug-likeness (QED) is 0.799. The molecule has 0 radical (unpaired) electrons. The molecule has 2 aromatic rings. The van der Waals surface area contributed by atoms with E-state index < -0.39 is 0 Å². The van der Waals surface area contributed by atoms with E-state index in [0.29, 0.717) is 18.0 Å². The van der Waals surface area contributed by atoms with Crippen LogP contribution >= 0.6 is 23.2 Å². The second kappa shape index (κ2) is 8.21. The number of halogens is 2. The van der Waals surface area contributed by atoms with E-state index in [4.69, 9.17) is 23.2 Å². The third-order valence-corrected chi connectivity index (χ3v) is 5.25. The van der Waals surface area contributed by atoms with Crippen LogP contribution in [-0.4, -0.2) is 51.7 Å². The molecule has 1 aliphatic heterocycles. The largest absolute Gasteiger partial charge is 0.340 e. The van der Waals surface area contributed by atoms with Crippen LogP contribution in [0.15, 0.2) is 30.5 Å². The fourth-order valence-corrected chi connectivity index (χ4v) is 3.28. The van der Waals surface area contributed by atoms with Crippen molar-refractivity contribution in [2.75, 3.05) is 26.2 Å². The lowest BCUT2D eigenvalue weighted by Crippen LogP contribution is -2.48. The number of hydrogen-bond acceptors (Lipinski definition) is 3. The van der Waals surface area contributed by atoms with Gasteiger partial charge in [-0.25, -0.2) is 0 Å². The molecule has 1 saturated heterocycles. The number of aryl methyl sites for hydroxylation is 1. The van der Waals surface area contributed by atoms with Crippen LogP contribution in [0, 0.1) is 6.92 Å². The van der Waals surface area contributed by atoms with Crippen LogP contribution in [0.4, 0.5) is 0 Å². The lowest BCUT2D eigenvalue weighted by atomic mass is 10.2. The third kappa shape index (κ3) is 4.75. The van der Waals surface area contributed by atoms with Crippen molar-refractivity contribution >= 4 is 29.1 Å². The molecule has 0 N–H and O–H groups in total. The van der Waals surface area contributed by atoms with Crippen LogP contribution in [0.5, 0.6) is 0 Å². The molecule has 0 saturated carbocycles. The molecule has 1 aliphatic rings. The van der Waals surface area contributed by atoms with E-state index in [1.165, 1.54) is 5.56 Å². The lowest BCUT2D eigenvalue weighted by Gasteiger charge is -2.34. The van der Waals surface area contributed by atoms with Gasteiger partial charge in [-0.3, -0.25) is 14.4 Å². The molecule has 0 atom stereocenters. The van der Waals surface area contributed by atoms with Crippen molar-refractivity contribution in [3.8, 4) is 0 Å². The van der Waals surface area contributed by atoms with Crippen LogP contribution in [-0.2, 0) is 17.9 Å². The average Bonchev–Trinajstić information content (AvgIpc) is 2.94. The SMILES string of the molecule is Cc1c(Cl)cnn1CCC(=O)N1CCN(Cc2ccc(Cl)cc2)CC1. The van der Waals surface area contributed by atoms with E-state index in [0.717, 1.165) is 43.4 Å². The topological polar surface area (TPSA) is 41.4 Å². The Morgan fingerprint density at radius 1 is 1.12 bits per heavy atom. The second-order valence-electron chi connectivity index (χ2n) is 6.33. The molecular weight excluding hydrogens is 359 g/mol.